The number of aromatic nitrogens is 1. The molecule has 2 amide bonds. The summed E-state index contributed by atoms with van der Waals surface area (Å²) in [6, 6.07) is 14.3. The van der Waals surface area contributed by atoms with E-state index in [-0.39, 0.29) is 22.4 Å². The maximum Gasteiger partial charge on any atom is 0.410 e. The van der Waals surface area contributed by atoms with Gasteiger partial charge in [0.15, 0.2) is 0 Å². The predicted molar refractivity (Wildman–Crippen MR) is 150 cm³/mol. The molecule has 3 aromatic rings. The second-order valence-corrected chi connectivity index (χ2v) is 13.6. The molecule has 0 N–H and O–H groups in total. The van der Waals surface area contributed by atoms with Crippen molar-refractivity contribution in [3.05, 3.63) is 65.9 Å². The topological polar surface area (TPSA) is 88.9 Å². The number of amides is 2. The van der Waals surface area contributed by atoms with E-state index in [4.69, 9.17) is 4.74 Å². The number of nitrogens with zero attached hydrogens (tertiary/aromatic N) is 3. The fraction of sp³-hybridized carbons (Fsp3) is 0.467. The molecule has 2 aromatic carbocycles. The summed E-state index contributed by atoms with van der Waals surface area (Å²) in [5, 5.41) is 0.813. The molecule has 1 spiro atoms. The van der Waals surface area contributed by atoms with Gasteiger partial charge < -0.3 is 14.5 Å². The molecule has 0 unspecified atom stereocenters. The van der Waals surface area contributed by atoms with E-state index in [1.165, 1.54) is 3.97 Å². The quantitative estimate of drug-likeness (QED) is 0.429. The van der Waals surface area contributed by atoms with Gasteiger partial charge in [-0.05, 0) is 83.2 Å². The van der Waals surface area contributed by atoms with Crippen molar-refractivity contribution >= 4 is 32.9 Å². The number of likely N-dealkylation sites (tertiary alicyclic amines) is 2. The van der Waals surface area contributed by atoms with Crippen molar-refractivity contribution < 1.29 is 22.7 Å². The minimum absolute atomic E-state index is 0.107. The number of fused-ring (bicyclic) bond motifs is 1. The Bertz CT molecular complexity index is 1490. The Hall–Kier alpha value is -3.33. The summed E-state index contributed by atoms with van der Waals surface area (Å²) in [6.07, 6.45) is 4.88. The van der Waals surface area contributed by atoms with Crippen molar-refractivity contribution in [2.75, 3.05) is 13.1 Å². The second kappa shape index (κ2) is 10.0. The van der Waals surface area contributed by atoms with Gasteiger partial charge in [0.1, 0.15) is 5.60 Å². The first-order valence-corrected chi connectivity index (χ1v) is 15.0. The second-order valence-electron chi connectivity index (χ2n) is 11.8. The zero-order chi connectivity index (χ0) is 28.0. The third kappa shape index (κ3) is 5.29. The van der Waals surface area contributed by atoms with Gasteiger partial charge in [0.25, 0.3) is 10.0 Å². The van der Waals surface area contributed by atoms with Crippen LogP contribution in [0.3, 0.4) is 0 Å². The van der Waals surface area contributed by atoms with E-state index in [1.807, 2.05) is 50.8 Å². The summed E-state index contributed by atoms with van der Waals surface area (Å²) in [6.45, 7) is 8.97. The Morgan fingerprint density at radius 2 is 1.69 bits per heavy atom. The van der Waals surface area contributed by atoms with Crippen molar-refractivity contribution in [1.29, 1.82) is 0 Å². The molecule has 2 fully saturated rings. The van der Waals surface area contributed by atoms with Crippen LogP contribution in [0, 0.1) is 6.92 Å². The molecule has 0 bridgehead atoms. The van der Waals surface area contributed by atoms with E-state index in [0.29, 0.717) is 44.4 Å². The highest BCUT2D eigenvalue weighted by Crippen LogP contribution is 2.40. The first-order chi connectivity index (χ1) is 18.4. The predicted octanol–water partition coefficient (Wildman–Crippen LogP) is 5.47. The van der Waals surface area contributed by atoms with Crippen LogP contribution in [0.1, 0.15) is 64.0 Å². The van der Waals surface area contributed by atoms with Gasteiger partial charge in [-0.3, -0.25) is 4.79 Å². The van der Waals surface area contributed by atoms with Crippen LogP contribution in [-0.4, -0.2) is 58.4 Å². The summed E-state index contributed by atoms with van der Waals surface area (Å²) in [5.74, 6) is 0.107. The summed E-state index contributed by atoms with van der Waals surface area (Å²) in [5.41, 5.74) is 1.61. The number of carbonyl (C=O) groups is 2. The van der Waals surface area contributed by atoms with Crippen molar-refractivity contribution in [1.82, 2.24) is 13.8 Å². The highest BCUT2D eigenvalue weighted by atomic mass is 32.2. The molecule has 0 atom stereocenters. The molecule has 2 aliphatic heterocycles. The third-order valence-corrected chi connectivity index (χ3v) is 9.65. The van der Waals surface area contributed by atoms with E-state index in [1.54, 1.807) is 41.4 Å². The monoisotopic (exact) mass is 551 g/mol. The molecular formula is C30H37N3O5S. The van der Waals surface area contributed by atoms with Gasteiger partial charge in [0.05, 0.1) is 10.4 Å². The summed E-state index contributed by atoms with van der Waals surface area (Å²) < 4.78 is 33.8. The molecule has 39 heavy (non-hydrogen) atoms. The van der Waals surface area contributed by atoms with Crippen molar-refractivity contribution in [2.45, 2.75) is 82.4 Å². The maximum absolute atomic E-state index is 13.4. The van der Waals surface area contributed by atoms with E-state index < -0.39 is 15.6 Å². The average molecular weight is 552 g/mol. The van der Waals surface area contributed by atoms with Crippen molar-refractivity contribution in [3.63, 3.8) is 0 Å². The van der Waals surface area contributed by atoms with Gasteiger partial charge in [-0.15, -0.1) is 0 Å². The standard InChI is InChI=1S/C30H37N3O5S/c1-22-10-12-24(13-11-22)39(36,37)33-18-14-25-23(7-5-8-26(25)33)21-32-27(34)9-6-15-30(32)16-19-31(20-17-30)28(35)38-29(2,3)4/h5,7-8,10-14,18H,6,9,15-17,19-21H2,1-4H3. The molecule has 0 saturated carbocycles. The molecule has 3 heterocycles. The molecule has 8 nitrogen and oxygen atoms in total. The number of hydrogen-bond acceptors (Lipinski definition) is 5. The molecule has 2 saturated heterocycles. The fourth-order valence-electron chi connectivity index (χ4n) is 5.86. The number of piperidine rings is 2. The Morgan fingerprint density at radius 1 is 1.00 bits per heavy atom. The number of carbonyl (C=O) groups excluding carboxylic acids is 2. The van der Waals surface area contributed by atoms with Crippen LogP contribution in [0.25, 0.3) is 10.9 Å². The van der Waals surface area contributed by atoms with Crippen molar-refractivity contribution in [2.24, 2.45) is 0 Å². The number of rotatable bonds is 4. The number of hydrogen-bond donors (Lipinski definition) is 0. The summed E-state index contributed by atoms with van der Waals surface area (Å²) in [7, 11) is -3.77. The molecule has 2 aliphatic rings. The Kier molecular flexibility index (Phi) is 6.99. The normalized spacial score (nSPS) is 18.1. The lowest BCUT2D eigenvalue weighted by molar-refractivity contribution is -0.146. The van der Waals surface area contributed by atoms with E-state index in [0.717, 1.165) is 29.4 Å². The minimum atomic E-state index is -3.77. The molecule has 9 heteroatoms. The Morgan fingerprint density at radius 3 is 2.36 bits per heavy atom. The van der Waals surface area contributed by atoms with E-state index >= 15 is 0 Å². The lowest BCUT2D eigenvalue weighted by Gasteiger charge is -2.51. The van der Waals surface area contributed by atoms with Crippen LogP contribution in [0.5, 0.6) is 0 Å². The smallest absolute Gasteiger partial charge is 0.410 e. The van der Waals surface area contributed by atoms with Gasteiger partial charge in [-0.2, -0.15) is 0 Å². The van der Waals surface area contributed by atoms with Crippen LogP contribution in [0.4, 0.5) is 4.79 Å². The fourth-order valence-corrected chi connectivity index (χ4v) is 7.21. The first kappa shape index (κ1) is 27.2. The van der Waals surface area contributed by atoms with Gasteiger partial charge in [-0.1, -0.05) is 29.8 Å². The highest BCUT2D eigenvalue weighted by molar-refractivity contribution is 7.90. The third-order valence-electron chi connectivity index (χ3n) is 7.95. The zero-order valence-corrected chi connectivity index (χ0v) is 24.0. The minimum Gasteiger partial charge on any atom is -0.444 e. The van der Waals surface area contributed by atoms with E-state index in [9.17, 15) is 18.0 Å². The lowest BCUT2D eigenvalue weighted by Crippen LogP contribution is -2.59. The largest absolute Gasteiger partial charge is 0.444 e. The Balaban J connectivity index is 1.41. The SMILES string of the molecule is Cc1ccc(S(=O)(=O)n2ccc3c(CN4C(=O)CCCC45CCN(C(=O)OC(C)(C)C)CC5)cccc32)cc1. The number of benzene rings is 2. The van der Waals surface area contributed by atoms with E-state index in [2.05, 4.69) is 0 Å². The maximum atomic E-state index is 13.4. The van der Waals surface area contributed by atoms with Gasteiger partial charge >= 0.3 is 6.09 Å². The van der Waals surface area contributed by atoms with Gasteiger partial charge in [0, 0.05) is 43.2 Å². The van der Waals surface area contributed by atoms with Crippen LogP contribution in [0.2, 0.25) is 0 Å². The van der Waals surface area contributed by atoms with Gasteiger partial charge in [0.2, 0.25) is 5.91 Å². The number of ether oxygens (including phenoxy) is 1. The highest BCUT2D eigenvalue weighted by Gasteiger charge is 2.45. The Labute approximate surface area is 230 Å². The lowest BCUT2D eigenvalue weighted by atomic mass is 9.78. The summed E-state index contributed by atoms with van der Waals surface area (Å²) >= 11 is 0. The number of aryl methyl sites for hydroxylation is 1. The molecule has 0 radical (unpaired) electrons. The average Bonchev–Trinajstić information content (AvgIpc) is 3.32. The van der Waals surface area contributed by atoms with Crippen LogP contribution < -0.4 is 0 Å². The molecular weight excluding hydrogens is 514 g/mol. The van der Waals surface area contributed by atoms with Crippen LogP contribution in [0.15, 0.2) is 59.6 Å². The molecule has 0 aliphatic carbocycles. The van der Waals surface area contributed by atoms with Crippen LogP contribution >= 0.6 is 0 Å². The molecule has 1 aromatic heterocycles. The zero-order valence-electron chi connectivity index (χ0n) is 23.1. The molecule has 208 valence electrons. The summed E-state index contributed by atoms with van der Waals surface area (Å²) in [4.78, 5) is 29.9. The van der Waals surface area contributed by atoms with Crippen molar-refractivity contribution in [3.8, 4) is 0 Å². The van der Waals surface area contributed by atoms with Gasteiger partial charge in [-0.25, -0.2) is 17.2 Å². The van der Waals surface area contributed by atoms with Crippen LogP contribution in [-0.2, 0) is 26.1 Å². The first-order valence-electron chi connectivity index (χ1n) is 13.6. The molecule has 5 rings (SSSR count).